The molecular weight excluding hydrogens is 558 g/mol. The van der Waals surface area contributed by atoms with Gasteiger partial charge in [-0.05, 0) is 62.6 Å². The minimum atomic E-state index is -0.558. The first-order valence-corrected chi connectivity index (χ1v) is 15.3. The Morgan fingerprint density at radius 1 is 0.932 bits per heavy atom. The van der Waals surface area contributed by atoms with Crippen molar-refractivity contribution in [2.75, 3.05) is 39.5 Å². The summed E-state index contributed by atoms with van der Waals surface area (Å²) < 4.78 is 29.7. The van der Waals surface area contributed by atoms with Crippen LogP contribution < -0.4 is 9.47 Å². The van der Waals surface area contributed by atoms with Crippen molar-refractivity contribution in [3.63, 3.8) is 0 Å². The van der Waals surface area contributed by atoms with Crippen molar-refractivity contribution in [2.45, 2.75) is 57.8 Å². The summed E-state index contributed by atoms with van der Waals surface area (Å²) in [6.07, 6.45) is 2.72. The smallest absolute Gasteiger partial charge is 0.410 e. The average Bonchev–Trinajstić information content (AvgIpc) is 3.49. The first kappa shape index (κ1) is 31.3. The van der Waals surface area contributed by atoms with Crippen molar-refractivity contribution in [3.8, 4) is 11.5 Å². The molecule has 2 atom stereocenters. The fourth-order valence-corrected chi connectivity index (χ4v) is 5.25. The molecule has 3 aromatic carbocycles. The summed E-state index contributed by atoms with van der Waals surface area (Å²) in [6, 6.07) is 24.1. The number of imidazole rings is 1. The molecular formula is C35H43N3O6. The molecule has 2 heterocycles. The van der Waals surface area contributed by atoms with E-state index < -0.39 is 5.60 Å². The number of aromatic nitrogens is 2. The number of hydrogen-bond donors (Lipinski definition) is 1. The second-order valence-electron chi connectivity index (χ2n) is 12.0. The molecule has 9 heteroatoms. The van der Waals surface area contributed by atoms with Gasteiger partial charge in [0, 0.05) is 24.9 Å². The third kappa shape index (κ3) is 9.21. The van der Waals surface area contributed by atoms with Crippen molar-refractivity contribution >= 4 is 17.1 Å². The summed E-state index contributed by atoms with van der Waals surface area (Å²) in [6.45, 7) is 9.29. The third-order valence-electron chi connectivity index (χ3n) is 7.41. The molecule has 234 valence electrons. The zero-order chi connectivity index (χ0) is 30.8. The molecule has 0 spiro atoms. The molecule has 1 amide bonds. The lowest BCUT2D eigenvalue weighted by atomic mass is 9.87. The van der Waals surface area contributed by atoms with E-state index in [9.17, 15) is 4.79 Å². The van der Waals surface area contributed by atoms with Crippen LogP contribution in [0.4, 0.5) is 4.79 Å². The highest BCUT2D eigenvalue weighted by Crippen LogP contribution is 2.32. The summed E-state index contributed by atoms with van der Waals surface area (Å²) in [4.78, 5) is 22.0. The molecule has 1 aliphatic heterocycles. The maximum absolute atomic E-state index is 12.9. The average molecular weight is 602 g/mol. The highest BCUT2D eigenvalue weighted by molar-refractivity contribution is 5.76. The summed E-state index contributed by atoms with van der Waals surface area (Å²) in [5.74, 6) is 1.69. The predicted molar refractivity (Wildman–Crippen MR) is 169 cm³/mol. The van der Waals surface area contributed by atoms with Gasteiger partial charge >= 0.3 is 6.09 Å². The van der Waals surface area contributed by atoms with Crippen LogP contribution in [0, 0.1) is 0 Å². The molecule has 9 nitrogen and oxygen atoms in total. The number of rotatable bonds is 13. The summed E-state index contributed by atoms with van der Waals surface area (Å²) >= 11 is 0. The maximum Gasteiger partial charge on any atom is 0.410 e. The van der Waals surface area contributed by atoms with Gasteiger partial charge in [-0.2, -0.15) is 0 Å². The monoisotopic (exact) mass is 601 g/mol. The van der Waals surface area contributed by atoms with Gasteiger partial charge in [0.1, 0.15) is 23.7 Å². The molecule has 4 aromatic rings. The molecule has 0 bridgehead atoms. The van der Waals surface area contributed by atoms with Crippen LogP contribution in [-0.4, -0.2) is 72.2 Å². The molecule has 1 aromatic heterocycles. The van der Waals surface area contributed by atoms with E-state index in [4.69, 9.17) is 23.7 Å². The number of ether oxygens (including phenoxy) is 5. The second kappa shape index (κ2) is 15.1. The SMILES string of the molecule is CC(C)(C)OC(=O)N1CCC(c2ccc(OCCCOCc3ccccc3)cc2)C(OCCOc2ccc3nc[nH]c3c2)C1. The highest BCUT2D eigenvalue weighted by Gasteiger charge is 2.35. The molecule has 5 rings (SSSR count). The van der Waals surface area contributed by atoms with E-state index in [-0.39, 0.29) is 18.1 Å². The molecule has 0 radical (unpaired) electrons. The maximum atomic E-state index is 12.9. The van der Waals surface area contributed by atoms with Crippen LogP contribution in [0.25, 0.3) is 11.0 Å². The number of H-pyrrole nitrogens is 1. The minimum absolute atomic E-state index is 0.121. The largest absolute Gasteiger partial charge is 0.494 e. The molecule has 1 saturated heterocycles. The van der Waals surface area contributed by atoms with Gasteiger partial charge in [-0.1, -0.05) is 42.5 Å². The number of likely N-dealkylation sites (tertiary alicyclic amines) is 1. The van der Waals surface area contributed by atoms with Crippen molar-refractivity contribution in [3.05, 3.63) is 90.3 Å². The Labute approximate surface area is 259 Å². The summed E-state index contributed by atoms with van der Waals surface area (Å²) in [5, 5.41) is 0. The zero-order valence-electron chi connectivity index (χ0n) is 25.9. The van der Waals surface area contributed by atoms with Crippen molar-refractivity contribution in [1.29, 1.82) is 0 Å². The van der Waals surface area contributed by atoms with Gasteiger partial charge in [0.25, 0.3) is 0 Å². The third-order valence-corrected chi connectivity index (χ3v) is 7.41. The van der Waals surface area contributed by atoms with Gasteiger partial charge in [0.2, 0.25) is 0 Å². The van der Waals surface area contributed by atoms with Gasteiger partial charge in [0.05, 0.1) is 56.4 Å². The Bertz CT molecular complexity index is 1450. The number of amides is 1. The van der Waals surface area contributed by atoms with Crippen LogP contribution in [-0.2, 0) is 20.8 Å². The lowest BCUT2D eigenvalue weighted by Gasteiger charge is -2.39. The number of hydrogen-bond acceptors (Lipinski definition) is 7. The van der Waals surface area contributed by atoms with Crippen molar-refractivity contribution in [1.82, 2.24) is 14.9 Å². The predicted octanol–water partition coefficient (Wildman–Crippen LogP) is 6.74. The number of benzene rings is 3. The van der Waals surface area contributed by atoms with E-state index in [1.165, 1.54) is 5.56 Å². The lowest BCUT2D eigenvalue weighted by Crippen LogP contribution is -2.48. The molecule has 0 saturated carbocycles. The normalized spacial score (nSPS) is 17.0. The molecule has 1 N–H and O–H groups in total. The van der Waals surface area contributed by atoms with Crippen LogP contribution in [0.1, 0.15) is 50.7 Å². The number of carbonyl (C=O) groups is 1. The molecule has 2 unspecified atom stereocenters. The number of fused-ring (bicyclic) bond motifs is 1. The van der Waals surface area contributed by atoms with E-state index >= 15 is 0 Å². The lowest BCUT2D eigenvalue weighted by molar-refractivity contribution is -0.0358. The van der Waals surface area contributed by atoms with Crippen LogP contribution in [0.15, 0.2) is 79.1 Å². The number of nitrogens with one attached hydrogen (secondary N) is 1. The van der Waals surface area contributed by atoms with E-state index in [0.717, 1.165) is 40.9 Å². The Balaban J connectivity index is 1.13. The van der Waals surface area contributed by atoms with E-state index in [0.29, 0.717) is 46.1 Å². The molecule has 0 aliphatic carbocycles. The first-order chi connectivity index (χ1) is 21.3. The first-order valence-electron chi connectivity index (χ1n) is 15.3. The standard InChI is InChI=1S/C35H43N3O6/c1-35(2,3)44-34(39)38-17-16-30(33(23-38)43-21-20-42-29-14-15-31-32(22-29)37-25-36-31)27-10-12-28(13-11-27)41-19-7-18-40-24-26-8-5-4-6-9-26/h4-6,8-15,22,25,30,33H,7,16-21,23-24H2,1-3H3,(H,36,37). The topological polar surface area (TPSA) is 95.1 Å². The summed E-state index contributed by atoms with van der Waals surface area (Å²) in [5.41, 5.74) is 3.58. The van der Waals surface area contributed by atoms with Crippen LogP contribution in [0.5, 0.6) is 11.5 Å². The van der Waals surface area contributed by atoms with Crippen LogP contribution in [0.2, 0.25) is 0 Å². The molecule has 1 fully saturated rings. The zero-order valence-corrected chi connectivity index (χ0v) is 25.9. The Morgan fingerprint density at radius 3 is 2.50 bits per heavy atom. The summed E-state index contributed by atoms with van der Waals surface area (Å²) in [7, 11) is 0. The number of piperidine rings is 1. The fraction of sp³-hybridized carbons (Fsp3) is 0.429. The molecule has 44 heavy (non-hydrogen) atoms. The van der Waals surface area contributed by atoms with E-state index in [1.54, 1.807) is 11.2 Å². The quantitative estimate of drug-likeness (QED) is 0.170. The van der Waals surface area contributed by atoms with E-state index in [2.05, 4.69) is 34.2 Å². The highest BCUT2D eigenvalue weighted by atomic mass is 16.6. The van der Waals surface area contributed by atoms with Gasteiger partial charge < -0.3 is 33.6 Å². The van der Waals surface area contributed by atoms with Gasteiger partial charge in [-0.3, -0.25) is 0 Å². The molecule has 1 aliphatic rings. The number of nitrogens with zero attached hydrogens (tertiary/aromatic N) is 2. The fourth-order valence-electron chi connectivity index (χ4n) is 5.25. The van der Waals surface area contributed by atoms with Crippen LogP contribution in [0.3, 0.4) is 0 Å². The Hall–Kier alpha value is -4.08. The number of aromatic amines is 1. The van der Waals surface area contributed by atoms with E-state index in [1.807, 2.05) is 69.3 Å². The van der Waals surface area contributed by atoms with Gasteiger partial charge in [-0.25, -0.2) is 9.78 Å². The Morgan fingerprint density at radius 2 is 1.70 bits per heavy atom. The van der Waals surface area contributed by atoms with Crippen molar-refractivity contribution in [2.24, 2.45) is 0 Å². The van der Waals surface area contributed by atoms with Gasteiger partial charge in [0.15, 0.2) is 0 Å². The number of carbonyl (C=O) groups excluding carboxylic acids is 1. The Kier molecular flexibility index (Phi) is 10.7. The van der Waals surface area contributed by atoms with Crippen LogP contribution >= 0.6 is 0 Å². The van der Waals surface area contributed by atoms with Crippen molar-refractivity contribution < 1.29 is 28.5 Å². The second-order valence-corrected chi connectivity index (χ2v) is 12.0. The minimum Gasteiger partial charge on any atom is -0.494 e. The van der Waals surface area contributed by atoms with Gasteiger partial charge in [-0.15, -0.1) is 0 Å².